The molecule has 1 aliphatic heterocycles. The molecular weight excluding hydrogens is 307 g/mol. The van der Waals surface area contributed by atoms with E-state index >= 15 is 0 Å². The van der Waals surface area contributed by atoms with Crippen LogP contribution in [0.1, 0.15) is 4.88 Å². The van der Waals surface area contributed by atoms with E-state index in [2.05, 4.69) is 48.4 Å². The quantitative estimate of drug-likeness (QED) is 0.622. The molecule has 2 rings (SSSR count). The van der Waals surface area contributed by atoms with E-state index in [1.165, 1.54) is 44.0 Å². The third-order valence-corrected chi connectivity index (χ3v) is 4.47. The molecule has 1 aromatic heterocycles. The lowest BCUT2D eigenvalue weighted by molar-refractivity contribution is 0.208. The standard InChI is InChI=1S/C10H15IN2S/c11-13-7-5-12(6-8-13)4-3-10-2-1-9-14-10/h1-2,9H,3-8H2. The van der Waals surface area contributed by atoms with Crippen LogP contribution in [0.3, 0.4) is 0 Å². The Morgan fingerprint density at radius 1 is 1.29 bits per heavy atom. The van der Waals surface area contributed by atoms with Crippen molar-refractivity contribution in [2.24, 2.45) is 0 Å². The van der Waals surface area contributed by atoms with Crippen molar-refractivity contribution in [1.29, 1.82) is 0 Å². The van der Waals surface area contributed by atoms with Gasteiger partial charge in [-0.1, -0.05) is 6.07 Å². The van der Waals surface area contributed by atoms with Crippen LogP contribution in [-0.4, -0.2) is 40.7 Å². The third kappa shape index (κ3) is 3.18. The second-order valence-corrected chi connectivity index (χ2v) is 5.98. The highest BCUT2D eigenvalue weighted by atomic mass is 127. The lowest BCUT2D eigenvalue weighted by Crippen LogP contribution is -2.42. The molecule has 0 spiro atoms. The van der Waals surface area contributed by atoms with Crippen LogP contribution in [0.2, 0.25) is 0 Å². The van der Waals surface area contributed by atoms with Gasteiger partial charge in [0.15, 0.2) is 0 Å². The molecule has 0 amide bonds. The summed E-state index contributed by atoms with van der Waals surface area (Å²) in [5.74, 6) is 0. The summed E-state index contributed by atoms with van der Waals surface area (Å²) in [5, 5.41) is 2.16. The van der Waals surface area contributed by atoms with Gasteiger partial charge >= 0.3 is 0 Å². The van der Waals surface area contributed by atoms with E-state index in [1.54, 1.807) is 0 Å². The van der Waals surface area contributed by atoms with Crippen molar-refractivity contribution in [2.75, 3.05) is 32.7 Å². The summed E-state index contributed by atoms with van der Waals surface area (Å²) in [6.07, 6.45) is 1.22. The van der Waals surface area contributed by atoms with Crippen molar-refractivity contribution in [3.63, 3.8) is 0 Å². The number of rotatable bonds is 3. The van der Waals surface area contributed by atoms with Crippen molar-refractivity contribution in [3.05, 3.63) is 22.4 Å². The minimum atomic E-state index is 1.21. The van der Waals surface area contributed by atoms with Crippen LogP contribution in [0.4, 0.5) is 0 Å². The number of halogens is 1. The second kappa shape index (κ2) is 5.44. The molecule has 4 heteroatoms. The highest BCUT2D eigenvalue weighted by Crippen LogP contribution is 2.11. The zero-order valence-corrected chi connectivity index (χ0v) is 11.1. The van der Waals surface area contributed by atoms with Crippen molar-refractivity contribution in [1.82, 2.24) is 8.01 Å². The summed E-state index contributed by atoms with van der Waals surface area (Å²) < 4.78 is 2.37. The molecule has 2 nitrogen and oxygen atoms in total. The first-order chi connectivity index (χ1) is 6.84. The van der Waals surface area contributed by atoms with Gasteiger partial charge in [0, 0.05) is 60.5 Å². The molecule has 14 heavy (non-hydrogen) atoms. The van der Waals surface area contributed by atoms with E-state index in [1.807, 2.05) is 11.3 Å². The number of hydrogen-bond donors (Lipinski definition) is 0. The molecule has 1 saturated heterocycles. The molecule has 2 heterocycles. The van der Waals surface area contributed by atoms with Crippen molar-refractivity contribution < 1.29 is 0 Å². The monoisotopic (exact) mass is 322 g/mol. The molecule has 0 N–H and O–H groups in total. The Morgan fingerprint density at radius 2 is 2.07 bits per heavy atom. The van der Waals surface area contributed by atoms with Crippen LogP contribution in [-0.2, 0) is 6.42 Å². The van der Waals surface area contributed by atoms with Gasteiger partial charge in [0.2, 0.25) is 0 Å². The molecule has 0 unspecified atom stereocenters. The first-order valence-electron chi connectivity index (χ1n) is 5.00. The van der Waals surface area contributed by atoms with Gasteiger partial charge in [0.25, 0.3) is 0 Å². The minimum absolute atomic E-state index is 1.21. The van der Waals surface area contributed by atoms with Crippen LogP contribution in [0, 0.1) is 0 Å². The maximum atomic E-state index is 2.56. The van der Waals surface area contributed by atoms with Gasteiger partial charge in [0.1, 0.15) is 0 Å². The van der Waals surface area contributed by atoms with E-state index in [0.717, 1.165) is 0 Å². The summed E-state index contributed by atoms with van der Waals surface area (Å²) in [5.41, 5.74) is 0. The predicted molar refractivity (Wildman–Crippen MR) is 70.1 cm³/mol. The van der Waals surface area contributed by atoms with Gasteiger partial charge in [-0.05, 0) is 17.9 Å². The van der Waals surface area contributed by atoms with Crippen LogP contribution >= 0.6 is 34.2 Å². The fourth-order valence-corrected chi connectivity index (χ4v) is 2.80. The van der Waals surface area contributed by atoms with E-state index in [4.69, 9.17) is 0 Å². The molecule has 0 atom stereocenters. The second-order valence-electron chi connectivity index (χ2n) is 3.58. The van der Waals surface area contributed by atoms with Crippen molar-refractivity contribution in [3.8, 4) is 0 Å². The van der Waals surface area contributed by atoms with Crippen LogP contribution in [0.5, 0.6) is 0 Å². The maximum absolute atomic E-state index is 2.56. The largest absolute Gasteiger partial charge is 0.300 e. The van der Waals surface area contributed by atoms with Gasteiger partial charge in [0.05, 0.1) is 0 Å². The lowest BCUT2D eigenvalue weighted by atomic mass is 10.3. The molecule has 0 saturated carbocycles. The Morgan fingerprint density at radius 3 is 2.71 bits per heavy atom. The number of nitrogens with zero attached hydrogens (tertiary/aromatic N) is 2. The van der Waals surface area contributed by atoms with E-state index in [9.17, 15) is 0 Å². The first kappa shape index (κ1) is 10.9. The Bertz CT molecular complexity index is 255. The first-order valence-corrected chi connectivity index (χ1v) is 6.84. The zero-order chi connectivity index (χ0) is 9.80. The van der Waals surface area contributed by atoms with Crippen LogP contribution in [0.15, 0.2) is 17.5 Å². The Balaban J connectivity index is 1.71. The predicted octanol–water partition coefficient (Wildman–Crippen LogP) is 2.26. The minimum Gasteiger partial charge on any atom is -0.300 e. The number of thiophene rings is 1. The molecule has 0 bridgehead atoms. The SMILES string of the molecule is IN1CCN(CCc2cccs2)CC1. The Kier molecular flexibility index (Phi) is 4.22. The maximum Gasteiger partial charge on any atom is 0.0209 e. The third-order valence-electron chi connectivity index (χ3n) is 2.57. The highest BCUT2D eigenvalue weighted by molar-refractivity contribution is 14.1. The normalized spacial score (nSPS) is 20.1. The van der Waals surface area contributed by atoms with Crippen molar-refractivity contribution in [2.45, 2.75) is 6.42 Å². The molecule has 1 fully saturated rings. The molecular formula is C10H15IN2S. The molecule has 1 aromatic rings. The van der Waals surface area contributed by atoms with Gasteiger partial charge < -0.3 is 4.90 Å². The van der Waals surface area contributed by atoms with E-state index in [-0.39, 0.29) is 0 Å². The van der Waals surface area contributed by atoms with Gasteiger partial charge in [-0.15, -0.1) is 11.3 Å². The van der Waals surface area contributed by atoms with Gasteiger partial charge in [-0.25, -0.2) is 3.11 Å². The number of piperazine rings is 1. The van der Waals surface area contributed by atoms with Crippen molar-refractivity contribution >= 4 is 34.2 Å². The Labute approximate surface area is 103 Å². The topological polar surface area (TPSA) is 6.48 Å². The molecule has 1 aliphatic rings. The summed E-state index contributed by atoms with van der Waals surface area (Å²) >= 11 is 4.29. The number of hydrogen-bond acceptors (Lipinski definition) is 3. The average Bonchev–Trinajstić information content (AvgIpc) is 2.70. The Hall–Kier alpha value is 0.350. The van der Waals surface area contributed by atoms with Gasteiger partial charge in [-0.3, -0.25) is 0 Å². The molecule has 0 radical (unpaired) electrons. The van der Waals surface area contributed by atoms with Gasteiger partial charge in [-0.2, -0.15) is 0 Å². The fraction of sp³-hybridized carbons (Fsp3) is 0.600. The smallest absolute Gasteiger partial charge is 0.0209 e. The summed E-state index contributed by atoms with van der Waals surface area (Å²) in [6.45, 7) is 6.11. The lowest BCUT2D eigenvalue weighted by Gasteiger charge is -2.30. The summed E-state index contributed by atoms with van der Waals surface area (Å²) in [4.78, 5) is 4.08. The summed E-state index contributed by atoms with van der Waals surface area (Å²) in [6, 6.07) is 4.38. The summed E-state index contributed by atoms with van der Waals surface area (Å²) in [7, 11) is 0. The van der Waals surface area contributed by atoms with E-state index in [0.29, 0.717) is 0 Å². The van der Waals surface area contributed by atoms with Crippen LogP contribution in [0.25, 0.3) is 0 Å². The van der Waals surface area contributed by atoms with E-state index < -0.39 is 0 Å². The fourth-order valence-electron chi connectivity index (χ4n) is 1.67. The zero-order valence-electron chi connectivity index (χ0n) is 8.16. The molecule has 78 valence electrons. The van der Waals surface area contributed by atoms with Crippen LogP contribution < -0.4 is 0 Å². The highest BCUT2D eigenvalue weighted by Gasteiger charge is 2.13. The molecule has 0 aliphatic carbocycles. The molecule has 0 aromatic carbocycles. The average molecular weight is 322 g/mol.